The Hall–Kier alpha value is -2.60. The van der Waals surface area contributed by atoms with Crippen LogP contribution in [0.5, 0.6) is 0 Å². The topological polar surface area (TPSA) is 48.2 Å². The van der Waals surface area contributed by atoms with Gasteiger partial charge in [-0.1, -0.05) is 31.2 Å². The van der Waals surface area contributed by atoms with Crippen molar-refractivity contribution in [2.75, 3.05) is 5.43 Å². The van der Waals surface area contributed by atoms with Crippen molar-refractivity contribution < 1.29 is 0 Å². The Labute approximate surface area is 113 Å². The molecule has 0 unspecified atom stereocenters. The molecule has 3 heteroatoms. The van der Waals surface area contributed by atoms with E-state index in [-0.39, 0.29) is 0 Å². The van der Waals surface area contributed by atoms with E-state index in [1.807, 2.05) is 48.5 Å². The fraction of sp³-hybridized carbons (Fsp3) is 0.125. The van der Waals surface area contributed by atoms with Crippen LogP contribution in [0.25, 0.3) is 0 Å². The maximum atomic E-state index is 8.88. The molecule has 0 bridgehead atoms. The summed E-state index contributed by atoms with van der Waals surface area (Å²) in [6.45, 7) is 2.07. The van der Waals surface area contributed by atoms with Gasteiger partial charge in [0.1, 0.15) is 0 Å². The number of nitriles is 1. The zero-order valence-electron chi connectivity index (χ0n) is 10.8. The lowest BCUT2D eigenvalue weighted by molar-refractivity contribution is 1.13. The molecule has 19 heavy (non-hydrogen) atoms. The summed E-state index contributed by atoms with van der Waals surface area (Å²) in [5, 5.41) is 13.1. The van der Waals surface area contributed by atoms with Crippen LogP contribution in [0.1, 0.15) is 23.6 Å². The number of aryl methyl sites for hydroxylation is 1. The van der Waals surface area contributed by atoms with E-state index in [4.69, 9.17) is 5.26 Å². The van der Waals surface area contributed by atoms with Crippen molar-refractivity contribution >= 4 is 11.9 Å². The Balaban J connectivity index is 2.13. The Morgan fingerprint density at radius 1 is 1.21 bits per heavy atom. The van der Waals surface area contributed by atoms with Crippen LogP contribution < -0.4 is 5.43 Å². The molecule has 0 heterocycles. The molecule has 0 spiro atoms. The number of hydrazone groups is 1. The monoisotopic (exact) mass is 249 g/mol. The fourth-order valence-electron chi connectivity index (χ4n) is 1.80. The fourth-order valence-corrected chi connectivity index (χ4v) is 1.80. The van der Waals surface area contributed by atoms with Crippen LogP contribution in [0.4, 0.5) is 5.69 Å². The number of para-hydroxylation sites is 1. The molecule has 0 fully saturated rings. The number of rotatable bonds is 4. The molecule has 0 aliphatic heterocycles. The van der Waals surface area contributed by atoms with Gasteiger partial charge in [0.15, 0.2) is 0 Å². The highest BCUT2D eigenvalue weighted by Crippen LogP contribution is 2.11. The van der Waals surface area contributed by atoms with Crippen LogP contribution in [0, 0.1) is 11.3 Å². The van der Waals surface area contributed by atoms with E-state index in [9.17, 15) is 0 Å². The Morgan fingerprint density at radius 2 is 2.00 bits per heavy atom. The van der Waals surface area contributed by atoms with Crippen molar-refractivity contribution in [3.05, 3.63) is 65.2 Å². The molecule has 0 aromatic heterocycles. The number of benzene rings is 2. The van der Waals surface area contributed by atoms with Crippen LogP contribution >= 0.6 is 0 Å². The minimum absolute atomic E-state index is 0.685. The van der Waals surface area contributed by atoms with Crippen molar-refractivity contribution in [2.45, 2.75) is 13.3 Å². The van der Waals surface area contributed by atoms with Gasteiger partial charge in [0.2, 0.25) is 0 Å². The van der Waals surface area contributed by atoms with Gasteiger partial charge < -0.3 is 0 Å². The first-order chi connectivity index (χ1) is 9.33. The predicted molar refractivity (Wildman–Crippen MR) is 78.2 cm³/mol. The first-order valence-electron chi connectivity index (χ1n) is 6.20. The summed E-state index contributed by atoms with van der Waals surface area (Å²) < 4.78 is 0. The molecule has 1 N–H and O–H groups in total. The number of nitrogens with one attached hydrogen (secondary N) is 1. The average molecular weight is 249 g/mol. The molecular weight excluding hydrogens is 234 g/mol. The highest BCUT2D eigenvalue weighted by atomic mass is 15.3. The van der Waals surface area contributed by atoms with Gasteiger partial charge in [-0.2, -0.15) is 10.4 Å². The second-order valence-corrected chi connectivity index (χ2v) is 4.11. The molecule has 3 nitrogen and oxygen atoms in total. The maximum absolute atomic E-state index is 8.88. The molecule has 2 rings (SSSR count). The average Bonchev–Trinajstić information content (AvgIpc) is 2.48. The van der Waals surface area contributed by atoms with Crippen LogP contribution in [-0.4, -0.2) is 6.21 Å². The highest BCUT2D eigenvalue weighted by molar-refractivity contribution is 5.82. The van der Waals surface area contributed by atoms with Crippen molar-refractivity contribution in [3.63, 3.8) is 0 Å². The number of hydrogen-bond donors (Lipinski definition) is 1. The minimum atomic E-state index is 0.685. The van der Waals surface area contributed by atoms with Gasteiger partial charge in [-0.25, -0.2) is 0 Å². The predicted octanol–water partition coefficient (Wildman–Crippen LogP) is 3.57. The van der Waals surface area contributed by atoms with Crippen LogP contribution in [0.15, 0.2) is 53.6 Å². The molecule has 2 aromatic rings. The summed E-state index contributed by atoms with van der Waals surface area (Å²) in [7, 11) is 0. The third-order valence-electron chi connectivity index (χ3n) is 2.82. The smallest absolute Gasteiger partial charge is 0.0991 e. The molecule has 2 aromatic carbocycles. The normalized spacial score (nSPS) is 10.3. The van der Waals surface area contributed by atoms with Gasteiger partial charge in [0.05, 0.1) is 23.5 Å². The van der Waals surface area contributed by atoms with E-state index in [1.54, 1.807) is 6.21 Å². The first kappa shape index (κ1) is 12.8. The van der Waals surface area contributed by atoms with E-state index in [1.165, 1.54) is 0 Å². The van der Waals surface area contributed by atoms with Crippen molar-refractivity contribution in [1.82, 2.24) is 0 Å². The lowest BCUT2D eigenvalue weighted by Gasteiger charge is -2.03. The third-order valence-corrected chi connectivity index (χ3v) is 2.82. The van der Waals surface area contributed by atoms with Crippen molar-refractivity contribution in [1.29, 1.82) is 5.26 Å². The maximum Gasteiger partial charge on any atom is 0.0991 e. The lowest BCUT2D eigenvalue weighted by Crippen LogP contribution is -1.95. The largest absolute Gasteiger partial charge is 0.279 e. The van der Waals surface area contributed by atoms with E-state index in [0.717, 1.165) is 23.2 Å². The van der Waals surface area contributed by atoms with E-state index < -0.39 is 0 Å². The summed E-state index contributed by atoms with van der Waals surface area (Å²) in [5.74, 6) is 0. The van der Waals surface area contributed by atoms with Gasteiger partial charge in [0.25, 0.3) is 0 Å². The van der Waals surface area contributed by atoms with E-state index in [0.29, 0.717) is 5.56 Å². The zero-order valence-corrected chi connectivity index (χ0v) is 10.8. The number of anilines is 1. The molecule has 0 radical (unpaired) electrons. The second kappa shape index (κ2) is 6.36. The SMILES string of the molecule is CCc1cc(C#N)ccc1C=NNc1ccccc1. The van der Waals surface area contributed by atoms with Crippen LogP contribution in [-0.2, 0) is 6.42 Å². The van der Waals surface area contributed by atoms with E-state index in [2.05, 4.69) is 23.5 Å². The Kier molecular flexibility index (Phi) is 4.30. The zero-order chi connectivity index (χ0) is 13.5. The summed E-state index contributed by atoms with van der Waals surface area (Å²) in [6.07, 6.45) is 2.66. The molecule has 0 saturated carbocycles. The Bertz CT molecular complexity index is 610. The second-order valence-electron chi connectivity index (χ2n) is 4.11. The minimum Gasteiger partial charge on any atom is -0.279 e. The van der Waals surface area contributed by atoms with Crippen molar-refractivity contribution in [2.24, 2.45) is 5.10 Å². The molecule has 0 aliphatic carbocycles. The molecule has 0 amide bonds. The third kappa shape index (κ3) is 3.43. The van der Waals surface area contributed by atoms with Gasteiger partial charge >= 0.3 is 0 Å². The molecule has 0 saturated heterocycles. The first-order valence-corrected chi connectivity index (χ1v) is 6.20. The number of nitrogens with zero attached hydrogens (tertiary/aromatic N) is 2. The van der Waals surface area contributed by atoms with Gasteiger partial charge in [-0.3, -0.25) is 5.43 Å². The summed E-state index contributed by atoms with van der Waals surface area (Å²) in [6, 6.07) is 17.6. The standard InChI is InChI=1S/C16H15N3/c1-2-14-10-13(11-17)8-9-15(14)12-18-19-16-6-4-3-5-7-16/h3-10,12,19H,2H2,1H3. The summed E-state index contributed by atoms with van der Waals surface area (Å²) in [4.78, 5) is 0. The molecular formula is C16H15N3. The van der Waals surface area contributed by atoms with Gasteiger partial charge in [-0.05, 0) is 41.8 Å². The van der Waals surface area contributed by atoms with Crippen molar-refractivity contribution in [3.8, 4) is 6.07 Å². The molecule has 94 valence electrons. The van der Waals surface area contributed by atoms with Crippen LogP contribution in [0.3, 0.4) is 0 Å². The summed E-state index contributed by atoms with van der Waals surface area (Å²) >= 11 is 0. The van der Waals surface area contributed by atoms with E-state index >= 15 is 0 Å². The Morgan fingerprint density at radius 3 is 2.68 bits per heavy atom. The van der Waals surface area contributed by atoms with Gasteiger partial charge in [0, 0.05) is 0 Å². The molecule has 0 aliphatic rings. The quantitative estimate of drug-likeness (QED) is 0.665. The van der Waals surface area contributed by atoms with Crippen LogP contribution in [0.2, 0.25) is 0 Å². The highest BCUT2D eigenvalue weighted by Gasteiger charge is 2.00. The number of hydrogen-bond acceptors (Lipinski definition) is 3. The summed E-state index contributed by atoms with van der Waals surface area (Å²) in [5.41, 5.74) is 6.77. The van der Waals surface area contributed by atoms with Gasteiger partial charge in [-0.15, -0.1) is 0 Å². The molecule has 0 atom stereocenters. The lowest BCUT2D eigenvalue weighted by atomic mass is 10.0.